The van der Waals surface area contributed by atoms with Crippen LogP contribution in [0.4, 0.5) is 5.69 Å². The Morgan fingerprint density at radius 3 is 2.22 bits per heavy atom. The molecule has 6 nitrogen and oxygen atoms in total. The molecule has 3 aromatic rings. The lowest BCUT2D eigenvalue weighted by Gasteiger charge is -2.13. The van der Waals surface area contributed by atoms with E-state index in [-0.39, 0.29) is 22.1 Å². The van der Waals surface area contributed by atoms with Crippen molar-refractivity contribution in [3.05, 3.63) is 54.6 Å². The minimum absolute atomic E-state index is 0.117. The molecule has 4 N–H and O–H groups in total. The minimum atomic E-state index is -3.96. The van der Waals surface area contributed by atoms with Crippen molar-refractivity contribution in [2.45, 2.75) is 4.90 Å². The highest BCUT2D eigenvalue weighted by molar-refractivity contribution is 7.92. The monoisotopic (exact) mass is 331 g/mol. The molecule has 0 amide bonds. The van der Waals surface area contributed by atoms with Gasteiger partial charge in [-0.2, -0.15) is 0 Å². The van der Waals surface area contributed by atoms with Crippen LogP contribution >= 0.6 is 0 Å². The number of benzene rings is 3. The van der Waals surface area contributed by atoms with Crippen LogP contribution in [0.3, 0.4) is 0 Å². The number of anilines is 1. The molecule has 3 rings (SSSR count). The van der Waals surface area contributed by atoms with Crippen molar-refractivity contribution in [1.29, 1.82) is 0 Å². The predicted molar refractivity (Wildman–Crippen MR) is 86.2 cm³/mol. The van der Waals surface area contributed by atoms with Crippen LogP contribution in [0, 0.1) is 0 Å². The fraction of sp³-hybridized carbons (Fsp3) is 0. The van der Waals surface area contributed by atoms with E-state index in [2.05, 4.69) is 4.72 Å². The van der Waals surface area contributed by atoms with Gasteiger partial charge in [-0.15, -0.1) is 0 Å². The Kier molecular flexibility index (Phi) is 3.49. The molecule has 0 atom stereocenters. The summed E-state index contributed by atoms with van der Waals surface area (Å²) in [5.74, 6) is -0.926. The molecule has 23 heavy (non-hydrogen) atoms. The molecular formula is C16H13NO5S. The molecule has 3 aromatic carbocycles. The summed E-state index contributed by atoms with van der Waals surface area (Å²) in [5, 5.41) is 29.8. The van der Waals surface area contributed by atoms with Crippen molar-refractivity contribution in [2.75, 3.05) is 4.72 Å². The molecular weight excluding hydrogens is 318 g/mol. The van der Waals surface area contributed by atoms with Gasteiger partial charge < -0.3 is 15.3 Å². The van der Waals surface area contributed by atoms with Gasteiger partial charge in [-0.3, -0.25) is 4.72 Å². The highest BCUT2D eigenvalue weighted by Gasteiger charge is 2.18. The van der Waals surface area contributed by atoms with Crippen LogP contribution in [-0.2, 0) is 10.0 Å². The molecule has 0 saturated carbocycles. The lowest BCUT2D eigenvalue weighted by molar-refractivity contribution is 0.408. The van der Waals surface area contributed by atoms with Gasteiger partial charge in [0.1, 0.15) is 5.75 Å². The Balaban J connectivity index is 2.13. The molecule has 0 unspecified atom stereocenters. The number of sulfonamides is 1. The summed E-state index contributed by atoms with van der Waals surface area (Å²) >= 11 is 0. The van der Waals surface area contributed by atoms with E-state index in [1.54, 1.807) is 24.3 Å². The second-order valence-electron chi connectivity index (χ2n) is 4.94. The summed E-state index contributed by atoms with van der Waals surface area (Å²) in [4.78, 5) is -0.117. The van der Waals surface area contributed by atoms with Crippen LogP contribution in [-0.4, -0.2) is 23.7 Å². The number of phenols is 3. The van der Waals surface area contributed by atoms with E-state index in [0.717, 1.165) is 12.1 Å². The smallest absolute Gasteiger partial charge is 0.262 e. The lowest BCUT2D eigenvalue weighted by atomic mass is 10.1. The largest absolute Gasteiger partial charge is 0.508 e. The van der Waals surface area contributed by atoms with Gasteiger partial charge in [0, 0.05) is 22.9 Å². The second kappa shape index (κ2) is 5.36. The zero-order chi connectivity index (χ0) is 16.6. The van der Waals surface area contributed by atoms with E-state index in [1.807, 2.05) is 0 Å². The number of hydrogen-bond donors (Lipinski definition) is 4. The van der Waals surface area contributed by atoms with E-state index in [9.17, 15) is 23.7 Å². The molecule has 118 valence electrons. The zero-order valence-corrected chi connectivity index (χ0v) is 12.6. The first-order valence-corrected chi connectivity index (χ1v) is 8.12. The van der Waals surface area contributed by atoms with Crippen molar-refractivity contribution in [3.8, 4) is 17.2 Å². The lowest BCUT2D eigenvalue weighted by Crippen LogP contribution is -2.13. The van der Waals surface area contributed by atoms with Crippen molar-refractivity contribution in [1.82, 2.24) is 0 Å². The quantitative estimate of drug-likeness (QED) is 0.436. The maximum absolute atomic E-state index is 12.4. The summed E-state index contributed by atoms with van der Waals surface area (Å²) in [6.45, 7) is 0. The average Bonchev–Trinajstić information content (AvgIpc) is 2.52. The molecule has 7 heteroatoms. The van der Waals surface area contributed by atoms with Crippen molar-refractivity contribution in [2.24, 2.45) is 0 Å². The molecule has 0 aliphatic carbocycles. The number of aromatic hydroxyl groups is 3. The Morgan fingerprint density at radius 1 is 0.826 bits per heavy atom. The van der Waals surface area contributed by atoms with Gasteiger partial charge in [0.25, 0.3) is 10.0 Å². The fourth-order valence-corrected chi connectivity index (χ4v) is 3.39. The zero-order valence-electron chi connectivity index (χ0n) is 11.8. The minimum Gasteiger partial charge on any atom is -0.508 e. The van der Waals surface area contributed by atoms with Crippen molar-refractivity contribution >= 4 is 26.5 Å². The number of rotatable bonds is 3. The van der Waals surface area contributed by atoms with Gasteiger partial charge in [0.15, 0.2) is 11.5 Å². The second-order valence-corrected chi connectivity index (χ2v) is 6.62. The van der Waals surface area contributed by atoms with Crippen LogP contribution in [0.15, 0.2) is 59.5 Å². The molecule has 0 heterocycles. The van der Waals surface area contributed by atoms with Crippen LogP contribution in [0.5, 0.6) is 17.2 Å². The van der Waals surface area contributed by atoms with Crippen molar-refractivity contribution < 1.29 is 23.7 Å². The third-order valence-corrected chi connectivity index (χ3v) is 4.73. The van der Waals surface area contributed by atoms with Crippen LogP contribution in [0.2, 0.25) is 0 Å². The maximum Gasteiger partial charge on any atom is 0.262 e. The number of phenolic OH excluding ortho intramolecular Hbond substituents is 3. The van der Waals surface area contributed by atoms with E-state index in [0.29, 0.717) is 10.8 Å². The van der Waals surface area contributed by atoms with Gasteiger partial charge in [-0.05, 0) is 12.1 Å². The van der Waals surface area contributed by atoms with Crippen molar-refractivity contribution in [3.63, 3.8) is 0 Å². The van der Waals surface area contributed by atoms with E-state index in [1.165, 1.54) is 18.2 Å². The SMILES string of the molecule is O=S(=O)(Nc1cc(O)c(O)c2ccccc12)c1cccc(O)c1. The highest BCUT2D eigenvalue weighted by atomic mass is 32.2. The maximum atomic E-state index is 12.4. The molecule has 0 radical (unpaired) electrons. The third-order valence-electron chi connectivity index (χ3n) is 3.37. The van der Waals surface area contributed by atoms with Crippen LogP contribution < -0.4 is 4.72 Å². The molecule has 0 aromatic heterocycles. The van der Waals surface area contributed by atoms with Gasteiger partial charge >= 0.3 is 0 Å². The van der Waals surface area contributed by atoms with Crippen LogP contribution in [0.25, 0.3) is 10.8 Å². The van der Waals surface area contributed by atoms with Gasteiger partial charge in [-0.25, -0.2) is 8.42 Å². The first-order chi connectivity index (χ1) is 10.9. The summed E-state index contributed by atoms with van der Waals surface area (Å²) in [6.07, 6.45) is 0. The summed E-state index contributed by atoms with van der Waals surface area (Å²) in [5.41, 5.74) is 0.124. The molecule has 0 fully saturated rings. The molecule has 0 spiro atoms. The average molecular weight is 331 g/mol. The van der Waals surface area contributed by atoms with E-state index in [4.69, 9.17) is 0 Å². The fourth-order valence-electron chi connectivity index (χ4n) is 2.28. The first kappa shape index (κ1) is 15.0. The summed E-state index contributed by atoms with van der Waals surface area (Å²) in [7, 11) is -3.96. The van der Waals surface area contributed by atoms with E-state index >= 15 is 0 Å². The van der Waals surface area contributed by atoms with Gasteiger partial charge in [-0.1, -0.05) is 30.3 Å². The molecule has 0 bridgehead atoms. The Bertz CT molecular complexity index is 999. The number of nitrogens with one attached hydrogen (secondary N) is 1. The Morgan fingerprint density at radius 2 is 1.52 bits per heavy atom. The van der Waals surface area contributed by atoms with E-state index < -0.39 is 15.8 Å². The number of hydrogen-bond acceptors (Lipinski definition) is 5. The van der Waals surface area contributed by atoms with Crippen LogP contribution in [0.1, 0.15) is 0 Å². The molecule has 0 saturated heterocycles. The Hall–Kier alpha value is -2.93. The molecule has 0 aliphatic rings. The predicted octanol–water partition coefficient (Wildman–Crippen LogP) is 2.76. The third kappa shape index (κ3) is 2.74. The summed E-state index contributed by atoms with van der Waals surface area (Å²) in [6, 6.07) is 12.9. The van der Waals surface area contributed by atoms with Gasteiger partial charge in [0.05, 0.1) is 10.6 Å². The first-order valence-electron chi connectivity index (χ1n) is 6.64. The molecule has 0 aliphatic heterocycles. The normalized spacial score (nSPS) is 11.5. The summed E-state index contributed by atoms with van der Waals surface area (Å²) < 4.78 is 27.2. The van der Waals surface area contributed by atoms with Gasteiger partial charge in [0.2, 0.25) is 0 Å². The standard InChI is InChI=1S/C16H13NO5S/c18-10-4-3-5-11(8-10)23(21,22)17-14-9-15(19)16(20)13-7-2-1-6-12(13)14/h1-9,17-20H. The number of fused-ring (bicyclic) bond motifs is 1. The highest BCUT2D eigenvalue weighted by Crippen LogP contribution is 2.39. The Labute approximate surface area is 132 Å². The topological polar surface area (TPSA) is 107 Å².